The van der Waals surface area contributed by atoms with Crippen molar-refractivity contribution in [3.63, 3.8) is 0 Å². The van der Waals surface area contributed by atoms with Gasteiger partial charge in [-0.15, -0.1) is 0 Å². The van der Waals surface area contributed by atoms with Gasteiger partial charge in [-0.2, -0.15) is 13.2 Å². The van der Waals surface area contributed by atoms with E-state index in [0.29, 0.717) is 25.1 Å². The summed E-state index contributed by atoms with van der Waals surface area (Å²) in [5.41, 5.74) is -0.192. The van der Waals surface area contributed by atoms with Crippen LogP contribution in [-0.2, 0) is 25.3 Å². The third-order valence-electron chi connectivity index (χ3n) is 4.26. The van der Waals surface area contributed by atoms with Crippen LogP contribution >= 0.6 is 0 Å². The summed E-state index contributed by atoms with van der Waals surface area (Å²) in [6, 6.07) is 3.70. The Bertz CT molecular complexity index is 661. The van der Waals surface area contributed by atoms with Crippen molar-refractivity contribution in [2.24, 2.45) is 0 Å². The number of hydrogen-bond donors (Lipinski definition) is 0. The number of anilines is 1. The first-order chi connectivity index (χ1) is 12.3. The van der Waals surface area contributed by atoms with Gasteiger partial charge in [0.15, 0.2) is 0 Å². The highest BCUT2D eigenvalue weighted by atomic mass is 19.4. The van der Waals surface area contributed by atoms with Crippen LogP contribution in [0, 0.1) is 0 Å². The maximum atomic E-state index is 12.7. The predicted molar refractivity (Wildman–Crippen MR) is 86.5 cm³/mol. The standard InChI is InChI=1S/C17H19F3N2O4/c1-26-16(25)14(7-11-23)22-10-9-21(8-6-15(22)24)13-4-2-12(3-5-13)17(18,19)20/h2-5,11,14H,6-10H2,1H3. The van der Waals surface area contributed by atoms with Crippen LogP contribution in [0.2, 0.25) is 0 Å². The van der Waals surface area contributed by atoms with E-state index < -0.39 is 23.8 Å². The number of carbonyl (C=O) groups is 3. The van der Waals surface area contributed by atoms with E-state index in [1.54, 1.807) is 4.90 Å². The Morgan fingerprint density at radius 3 is 2.42 bits per heavy atom. The lowest BCUT2D eigenvalue weighted by Gasteiger charge is -2.28. The molecule has 2 rings (SSSR count). The SMILES string of the molecule is COC(=O)C(CC=O)N1CCN(c2ccc(C(F)(F)F)cc2)CCC1=O. The number of carbonyl (C=O) groups excluding carboxylic acids is 3. The normalized spacial score (nSPS) is 16.8. The number of hydrogen-bond acceptors (Lipinski definition) is 5. The molecule has 0 bridgehead atoms. The summed E-state index contributed by atoms with van der Waals surface area (Å²) in [7, 11) is 1.18. The molecule has 0 spiro atoms. The fourth-order valence-electron chi connectivity index (χ4n) is 2.87. The molecule has 6 nitrogen and oxygen atoms in total. The van der Waals surface area contributed by atoms with Crippen LogP contribution in [0.3, 0.4) is 0 Å². The van der Waals surface area contributed by atoms with Gasteiger partial charge < -0.3 is 19.3 Å². The van der Waals surface area contributed by atoms with Crippen molar-refractivity contribution in [3.05, 3.63) is 29.8 Å². The van der Waals surface area contributed by atoms with Gasteiger partial charge in [-0.05, 0) is 24.3 Å². The molecule has 142 valence electrons. The number of amides is 1. The number of ether oxygens (including phenoxy) is 1. The molecule has 1 amide bonds. The van der Waals surface area contributed by atoms with Crippen LogP contribution in [0.15, 0.2) is 24.3 Å². The zero-order chi connectivity index (χ0) is 19.3. The van der Waals surface area contributed by atoms with Crippen molar-refractivity contribution in [1.29, 1.82) is 0 Å². The Hall–Kier alpha value is -2.58. The molecule has 0 radical (unpaired) electrons. The molecule has 26 heavy (non-hydrogen) atoms. The summed E-state index contributed by atoms with van der Waals surface area (Å²) < 4.78 is 42.6. The average molecular weight is 372 g/mol. The third-order valence-corrected chi connectivity index (χ3v) is 4.26. The topological polar surface area (TPSA) is 66.9 Å². The van der Waals surface area contributed by atoms with Crippen LogP contribution in [-0.4, -0.2) is 55.8 Å². The maximum absolute atomic E-state index is 12.7. The Morgan fingerprint density at radius 2 is 1.88 bits per heavy atom. The van der Waals surface area contributed by atoms with Crippen LogP contribution < -0.4 is 4.90 Å². The minimum absolute atomic E-state index is 0.0768. The molecule has 1 aromatic carbocycles. The zero-order valence-electron chi connectivity index (χ0n) is 14.2. The highest BCUT2D eigenvalue weighted by Gasteiger charge is 2.33. The molecule has 9 heteroatoms. The van der Waals surface area contributed by atoms with Crippen molar-refractivity contribution in [2.75, 3.05) is 31.6 Å². The zero-order valence-corrected chi connectivity index (χ0v) is 14.2. The van der Waals surface area contributed by atoms with Gasteiger partial charge in [0.05, 0.1) is 12.7 Å². The van der Waals surface area contributed by atoms with Crippen LogP contribution in [0.1, 0.15) is 18.4 Å². The molecule has 1 aromatic rings. The minimum atomic E-state index is -4.41. The molecule has 1 aliphatic rings. The van der Waals surface area contributed by atoms with Gasteiger partial charge in [0, 0.05) is 38.2 Å². The Labute approximate surface area is 148 Å². The summed E-state index contributed by atoms with van der Waals surface area (Å²) in [6.07, 6.45) is -3.95. The van der Waals surface area contributed by atoms with Crippen molar-refractivity contribution < 1.29 is 32.3 Å². The molecular formula is C17H19F3N2O4. The smallest absolute Gasteiger partial charge is 0.416 e. The van der Waals surface area contributed by atoms with E-state index in [1.165, 1.54) is 24.1 Å². The average Bonchev–Trinajstić information content (AvgIpc) is 2.80. The molecule has 0 aromatic heterocycles. The van der Waals surface area contributed by atoms with E-state index in [2.05, 4.69) is 4.74 Å². The van der Waals surface area contributed by atoms with Crippen LogP contribution in [0.5, 0.6) is 0 Å². The summed E-state index contributed by atoms with van der Waals surface area (Å²) >= 11 is 0. The maximum Gasteiger partial charge on any atom is 0.416 e. The summed E-state index contributed by atoms with van der Waals surface area (Å²) in [5, 5.41) is 0. The second-order valence-corrected chi connectivity index (χ2v) is 5.81. The lowest BCUT2D eigenvalue weighted by molar-refractivity contribution is -0.153. The van der Waals surface area contributed by atoms with Crippen LogP contribution in [0.25, 0.3) is 0 Å². The largest absolute Gasteiger partial charge is 0.467 e. The number of nitrogens with zero attached hydrogens (tertiary/aromatic N) is 2. The van der Waals surface area contributed by atoms with Gasteiger partial charge >= 0.3 is 12.1 Å². The molecule has 1 atom stereocenters. The van der Waals surface area contributed by atoms with E-state index in [4.69, 9.17) is 0 Å². The Kier molecular flexibility index (Phi) is 6.23. The highest BCUT2D eigenvalue weighted by molar-refractivity contribution is 5.86. The van der Waals surface area contributed by atoms with Gasteiger partial charge in [0.1, 0.15) is 12.3 Å². The number of halogens is 3. The van der Waals surface area contributed by atoms with Gasteiger partial charge in [-0.1, -0.05) is 0 Å². The summed E-state index contributed by atoms with van der Waals surface area (Å²) in [4.78, 5) is 38.1. The fraction of sp³-hybridized carbons (Fsp3) is 0.471. The van der Waals surface area contributed by atoms with E-state index in [-0.39, 0.29) is 25.3 Å². The number of aldehydes is 1. The minimum Gasteiger partial charge on any atom is -0.467 e. The Morgan fingerprint density at radius 1 is 1.23 bits per heavy atom. The van der Waals surface area contributed by atoms with E-state index >= 15 is 0 Å². The number of methoxy groups -OCH3 is 1. The van der Waals surface area contributed by atoms with E-state index in [0.717, 1.165) is 12.1 Å². The predicted octanol–water partition coefficient (Wildman–Crippen LogP) is 1.87. The number of benzene rings is 1. The Balaban J connectivity index is 2.14. The second-order valence-electron chi connectivity index (χ2n) is 5.81. The molecule has 0 saturated carbocycles. The highest BCUT2D eigenvalue weighted by Crippen LogP contribution is 2.30. The van der Waals surface area contributed by atoms with E-state index in [1.807, 2.05) is 0 Å². The molecule has 0 aliphatic carbocycles. The van der Waals surface area contributed by atoms with Crippen molar-refractivity contribution in [2.45, 2.75) is 25.1 Å². The molecular weight excluding hydrogens is 353 g/mol. The van der Waals surface area contributed by atoms with Gasteiger partial charge in [-0.3, -0.25) is 4.79 Å². The monoisotopic (exact) mass is 372 g/mol. The number of alkyl halides is 3. The molecule has 0 N–H and O–H groups in total. The summed E-state index contributed by atoms with van der Waals surface area (Å²) in [5.74, 6) is -0.981. The van der Waals surface area contributed by atoms with Crippen molar-refractivity contribution >= 4 is 23.9 Å². The molecule has 1 aliphatic heterocycles. The lowest BCUT2D eigenvalue weighted by atomic mass is 10.1. The first-order valence-electron chi connectivity index (χ1n) is 8.01. The lowest BCUT2D eigenvalue weighted by Crippen LogP contribution is -2.46. The fourth-order valence-corrected chi connectivity index (χ4v) is 2.87. The molecule has 1 fully saturated rings. The molecule has 1 heterocycles. The molecule has 1 saturated heterocycles. The van der Waals surface area contributed by atoms with Gasteiger partial charge in [0.2, 0.25) is 5.91 Å². The van der Waals surface area contributed by atoms with Crippen molar-refractivity contribution in [1.82, 2.24) is 4.90 Å². The first-order valence-corrected chi connectivity index (χ1v) is 8.01. The second kappa shape index (κ2) is 8.20. The van der Waals surface area contributed by atoms with Crippen molar-refractivity contribution in [3.8, 4) is 0 Å². The van der Waals surface area contributed by atoms with E-state index in [9.17, 15) is 27.6 Å². The van der Waals surface area contributed by atoms with Gasteiger partial charge in [0.25, 0.3) is 0 Å². The van der Waals surface area contributed by atoms with Crippen LogP contribution in [0.4, 0.5) is 18.9 Å². The number of rotatable bonds is 5. The molecule has 1 unspecified atom stereocenters. The van der Waals surface area contributed by atoms with Gasteiger partial charge in [-0.25, -0.2) is 4.79 Å². The quantitative estimate of drug-likeness (QED) is 0.583. The third kappa shape index (κ3) is 4.53. The first kappa shape index (κ1) is 19.7. The summed E-state index contributed by atoms with van der Waals surface area (Å²) in [6.45, 7) is 0.784. The number of esters is 1.